The van der Waals surface area contributed by atoms with Gasteiger partial charge in [0.1, 0.15) is 0 Å². The highest BCUT2D eigenvalue weighted by Gasteiger charge is 2.44. The van der Waals surface area contributed by atoms with Gasteiger partial charge < -0.3 is 9.47 Å². The first-order chi connectivity index (χ1) is 41.5. The van der Waals surface area contributed by atoms with Crippen molar-refractivity contribution < 1.29 is 0 Å². The first-order valence-corrected chi connectivity index (χ1v) is 34.0. The monoisotopic (exact) mass is 1110 g/mol. The number of anilines is 3. The second-order valence-corrected chi connectivity index (χ2v) is 25.6. The molecule has 11 rings (SSSR count). The van der Waals surface area contributed by atoms with E-state index >= 15 is 0 Å². The van der Waals surface area contributed by atoms with Gasteiger partial charge in [0.15, 0.2) is 0 Å². The third kappa shape index (κ3) is 12.4. The third-order valence-corrected chi connectivity index (χ3v) is 20.0. The number of fused-ring (bicyclic) bond motifs is 9. The predicted octanol–water partition coefficient (Wildman–Crippen LogP) is 25.5. The molecule has 1 aromatic heterocycles. The molecule has 0 N–H and O–H groups in total. The van der Waals surface area contributed by atoms with E-state index in [1.807, 2.05) is 0 Å². The van der Waals surface area contributed by atoms with E-state index in [4.69, 9.17) is 0 Å². The van der Waals surface area contributed by atoms with E-state index in [0.29, 0.717) is 0 Å². The van der Waals surface area contributed by atoms with E-state index in [-0.39, 0.29) is 10.8 Å². The molecule has 0 saturated carbocycles. The maximum absolute atomic E-state index is 2.61. The highest BCUT2D eigenvalue weighted by molar-refractivity contribution is 6.10. The number of hydrogen-bond acceptors (Lipinski definition) is 1. The van der Waals surface area contributed by atoms with E-state index in [2.05, 4.69) is 219 Å². The normalized spacial score (nSPS) is 13.6. The van der Waals surface area contributed by atoms with Crippen molar-refractivity contribution in [2.45, 2.75) is 218 Å². The van der Waals surface area contributed by atoms with E-state index in [0.717, 1.165) is 0 Å². The largest absolute Gasteiger partial charge is 0.310 e. The topological polar surface area (TPSA) is 8.17 Å². The molecule has 0 spiro atoms. The molecule has 9 aromatic rings. The number of nitrogens with zero attached hydrogens (tertiary/aromatic N) is 2. The van der Waals surface area contributed by atoms with Crippen LogP contribution in [0.3, 0.4) is 0 Å². The standard InChI is InChI=1S/C82H98N2/c1-5-9-13-17-21-34-56-81(57-35-22-18-14-10-6-2)75-43-31-28-40-69(75)72-61-67(51-53-77(72)81)83(66-49-46-63(47-50-66)64-48-55-80-74(60-64)71-42-30-33-45-79(71)84(80)65-38-26-25-27-39-65)68-52-54-78-73(62-68)70-41-29-32-44-76(70)82(78,58-36-23-19-15-11-7-3)59-37-24-20-16-12-8-4/h25-33,38-55,60-62H,5-24,34-37,56-59H2,1-4H3. The van der Waals surface area contributed by atoms with Crippen LogP contribution in [0.1, 0.15) is 230 Å². The van der Waals surface area contributed by atoms with Crippen molar-refractivity contribution >= 4 is 38.9 Å². The molecule has 0 amide bonds. The van der Waals surface area contributed by atoms with Crippen LogP contribution in [0.2, 0.25) is 0 Å². The molecular weight excluding hydrogens is 1010 g/mol. The molecule has 2 heteroatoms. The molecule has 8 aromatic carbocycles. The van der Waals surface area contributed by atoms with Crippen molar-refractivity contribution in [3.63, 3.8) is 0 Å². The Balaban J connectivity index is 1.01. The van der Waals surface area contributed by atoms with Crippen LogP contribution in [0.5, 0.6) is 0 Å². The lowest BCUT2D eigenvalue weighted by Crippen LogP contribution is -2.25. The van der Waals surface area contributed by atoms with E-state index < -0.39 is 0 Å². The van der Waals surface area contributed by atoms with Gasteiger partial charge in [-0.3, -0.25) is 0 Å². The molecule has 0 saturated heterocycles. The Morgan fingerprint density at radius 1 is 0.286 bits per heavy atom. The summed E-state index contributed by atoms with van der Waals surface area (Å²) in [5.41, 5.74) is 21.9. The number of unbranched alkanes of at least 4 members (excludes halogenated alkanes) is 20. The number of hydrogen-bond donors (Lipinski definition) is 0. The molecule has 0 fully saturated rings. The van der Waals surface area contributed by atoms with E-state index in [9.17, 15) is 0 Å². The molecule has 2 aliphatic rings. The minimum absolute atomic E-state index is 0.0353. The minimum Gasteiger partial charge on any atom is -0.310 e. The van der Waals surface area contributed by atoms with Crippen molar-refractivity contribution in [2.24, 2.45) is 0 Å². The third-order valence-electron chi connectivity index (χ3n) is 20.0. The van der Waals surface area contributed by atoms with Gasteiger partial charge in [-0.2, -0.15) is 0 Å². The Kier molecular flexibility index (Phi) is 20.1. The maximum atomic E-state index is 2.61. The summed E-state index contributed by atoms with van der Waals surface area (Å²) >= 11 is 0. The summed E-state index contributed by atoms with van der Waals surface area (Å²) in [5, 5.41) is 2.56. The van der Waals surface area contributed by atoms with Crippen molar-refractivity contribution in [1.82, 2.24) is 4.57 Å². The summed E-state index contributed by atoms with van der Waals surface area (Å²) in [6.07, 6.45) is 36.7. The highest BCUT2D eigenvalue weighted by atomic mass is 15.1. The van der Waals surface area contributed by atoms with Crippen molar-refractivity contribution in [3.05, 3.63) is 204 Å². The van der Waals surface area contributed by atoms with Gasteiger partial charge in [-0.25, -0.2) is 0 Å². The van der Waals surface area contributed by atoms with Gasteiger partial charge in [0.2, 0.25) is 0 Å². The summed E-state index contributed by atoms with van der Waals surface area (Å²) in [5.74, 6) is 0. The Morgan fingerprint density at radius 2 is 0.667 bits per heavy atom. The summed E-state index contributed by atoms with van der Waals surface area (Å²) in [6.45, 7) is 9.35. The Bertz CT molecular complexity index is 3370. The summed E-state index contributed by atoms with van der Waals surface area (Å²) in [4.78, 5) is 2.61. The fourth-order valence-electron chi connectivity index (χ4n) is 15.6. The molecule has 0 aliphatic heterocycles. The van der Waals surface area contributed by atoms with Crippen LogP contribution >= 0.6 is 0 Å². The van der Waals surface area contributed by atoms with Crippen molar-refractivity contribution in [1.29, 1.82) is 0 Å². The molecule has 0 bridgehead atoms. The summed E-state index contributed by atoms with van der Waals surface area (Å²) in [7, 11) is 0. The van der Waals surface area contributed by atoms with Gasteiger partial charge in [0.25, 0.3) is 0 Å². The molecule has 0 unspecified atom stereocenters. The molecule has 0 radical (unpaired) electrons. The molecule has 0 atom stereocenters. The minimum atomic E-state index is 0.0353. The van der Waals surface area contributed by atoms with Gasteiger partial charge in [-0.1, -0.05) is 297 Å². The fourth-order valence-corrected chi connectivity index (χ4v) is 15.6. The van der Waals surface area contributed by atoms with Crippen LogP contribution in [0.4, 0.5) is 17.1 Å². The Hall–Kier alpha value is -6.64. The van der Waals surface area contributed by atoms with Crippen LogP contribution < -0.4 is 4.90 Å². The summed E-state index contributed by atoms with van der Waals surface area (Å²) in [6, 6.07) is 71.0. The molecule has 1 heterocycles. The Morgan fingerprint density at radius 3 is 1.15 bits per heavy atom. The second kappa shape index (κ2) is 28.5. The number of benzene rings is 8. The van der Waals surface area contributed by atoms with Gasteiger partial charge in [-0.15, -0.1) is 0 Å². The van der Waals surface area contributed by atoms with E-state index in [1.165, 1.54) is 258 Å². The van der Waals surface area contributed by atoms with Crippen LogP contribution in [-0.4, -0.2) is 4.57 Å². The zero-order valence-corrected chi connectivity index (χ0v) is 52.0. The number of aromatic nitrogens is 1. The lowest BCUT2D eigenvalue weighted by atomic mass is 9.70. The van der Waals surface area contributed by atoms with Crippen LogP contribution in [0.25, 0.3) is 60.9 Å². The van der Waals surface area contributed by atoms with Gasteiger partial charge in [0.05, 0.1) is 11.0 Å². The SMILES string of the molecule is CCCCCCCCC1(CCCCCCCC)c2ccccc2-c2cc(N(c3ccc(-c4ccc5c(c4)c4ccccc4n5-c4ccccc4)cc3)c3ccc4c(c3)-c3ccccc3C4(CCCCCCCC)CCCCCCCC)ccc21. The lowest BCUT2D eigenvalue weighted by Gasteiger charge is -2.34. The van der Waals surface area contributed by atoms with Crippen LogP contribution in [0, 0.1) is 0 Å². The molecule has 2 aliphatic carbocycles. The van der Waals surface area contributed by atoms with Gasteiger partial charge in [0, 0.05) is 44.4 Å². The molecule has 84 heavy (non-hydrogen) atoms. The smallest absolute Gasteiger partial charge is 0.0541 e. The van der Waals surface area contributed by atoms with Crippen molar-refractivity contribution in [2.75, 3.05) is 4.90 Å². The molecular formula is C82H98N2. The lowest BCUT2D eigenvalue weighted by molar-refractivity contribution is 0.398. The Labute approximate surface area is 507 Å². The van der Waals surface area contributed by atoms with Crippen molar-refractivity contribution in [3.8, 4) is 39.1 Å². The molecule has 2 nitrogen and oxygen atoms in total. The first-order valence-electron chi connectivity index (χ1n) is 34.0. The quantitative estimate of drug-likeness (QED) is 0.0372. The average molecular weight is 1110 g/mol. The fraction of sp³-hybridized carbons (Fsp3) is 0.415. The predicted molar refractivity (Wildman–Crippen MR) is 365 cm³/mol. The van der Waals surface area contributed by atoms with E-state index in [1.54, 1.807) is 22.3 Å². The van der Waals surface area contributed by atoms with Crippen LogP contribution in [-0.2, 0) is 10.8 Å². The van der Waals surface area contributed by atoms with Gasteiger partial charge in [-0.05, 0) is 148 Å². The van der Waals surface area contributed by atoms with Gasteiger partial charge >= 0.3 is 0 Å². The molecule has 436 valence electrons. The number of rotatable bonds is 33. The summed E-state index contributed by atoms with van der Waals surface area (Å²) < 4.78 is 2.42. The van der Waals surface area contributed by atoms with Crippen LogP contribution in [0.15, 0.2) is 182 Å². The average Bonchev–Trinajstić information content (AvgIpc) is 1.87. The zero-order valence-electron chi connectivity index (χ0n) is 52.0. The second-order valence-electron chi connectivity index (χ2n) is 25.6. The highest BCUT2D eigenvalue weighted by Crippen LogP contribution is 2.58. The first kappa shape index (κ1) is 59.1. The number of para-hydroxylation sites is 2. The maximum Gasteiger partial charge on any atom is 0.0541 e. The zero-order chi connectivity index (χ0) is 57.6.